The number of nitrogens with one attached hydrogen (secondary N) is 1. The lowest BCUT2D eigenvalue weighted by Gasteiger charge is -2.17. The van der Waals surface area contributed by atoms with Crippen molar-refractivity contribution in [3.8, 4) is 22.8 Å². The molecule has 1 amide bonds. The standard InChI is InChI=1S/C23H26N2O4/c1-5-27-19-13-12-18(14-20(19)28-6-2)15(3)24-23(26)21-16(4)25-29-22(21)17-10-8-7-9-11-17/h7-15H,5-6H2,1-4H3,(H,24,26). The minimum absolute atomic E-state index is 0.234. The maximum atomic E-state index is 13.0. The van der Waals surface area contributed by atoms with Crippen LogP contribution in [0.15, 0.2) is 53.1 Å². The molecule has 0 saturated carbocycles. The molecule has 1 atom stereocenters. The number of rotatable bonds is 8. The van der Waals surface area contributed by atoms with E-state index in [2.05, 4.69) is 10.5 Å². The molecular weight excluding hydrogens is 368 g/mol. The average molecular weight is 394 g/mol. The zero-order valence-electron chi connectivity index (χ0n) is 17.2. The van der Waals surface area contributed by atoms with Crippen LogP contribution in [0.25, 0.3) is 11.3 Å². The van der Waals surface area contributed by atoms with Crippen molar-refractivity contribution >= 4 is 5.91 Å². The molecule has 29 heavy (non-hydrogen) atoms. The molecule has 0 radical (unpaired) electrons. The Morgan fingerprint density at radius 2 is 1.76 bits per heavy atom. The molecule has 0 aliphatic carbocycles. The summed E-state index contributed by atoms with van der Waals surface area (Å²) >= 11 is 0. The molecule has 2 aromatic carbocycles. The SMILES string of the molecule is CCOc1ccc(C(C)NC(=O)c2c(C)noc2-c2ccccc2)cc1OCC. The van der Waals surface area contributed by atoms with E-state index in [0.717, 1.165) is 11.1 Å². The van der Waals surface area contributed by atoms with Gasteiger partial charge in [0.15, 0.2) is 17.3 Å². The first-order chi connectivity index (χ1) is 14.0. The van der Waals surface area contributed by atoms with Gasteiger partial charge in [0, 0.05) is 5.56 Å². The molecule has 1 N–H and O–H groups in total. The van der Waals surface area contributed by atoms with Crippen molar-refractivity contribution in [1.29, 1.82) is 0 Å². The van der Waals surface area contributed by atoms with Gasteiger partial charge in [-0.25, -0.2) is 0 Å². The first kappa shape index (κ1) is 20.5. The summed E-state index contributed by atoms with van der Waals surface area (Å²) in [6.07, 6.45) is 0. The van der Waals surface area contributed by atoms with E-state index in [1.807, 2.05) is 69.3 Å². The van der Waals surface area contributed by atoms with Crippen LogP contribution in [-0.4, -0.2) is 24.3 Å². The highest BCUT2D eigenvalue weighted by atomic mass is 16.5. The number of nitrogens with zero attached hydrogens (tertiary/aromatic N) is 1. The molecule has 0 bridgehead atoms. The number of amides is 1. The Kier molecular flexibility index (Phi) is 6.54. The summed E-state index contributed by atoms with van der Waals surface area (Å²) in [4.78, 5) is 13.0. The molecule has 6 heteroatoms. The third kappa shape index (κ3) is 4.59. The summed E-state index contributed by atoms with van der Waals surface area (Å²) in [6.45, 7) is 8.63. The van der Waals surface area contributed by atoms with Crippen molar-refractivity contribution in [2.75, 3.05) is 13.2 Å². The Morgan fingerprint density at radius 3 is 2.45 bits per heavy atom. The Hall–Kier alpha value is -3.28. The molecule has 152 valence electrons. The Balaban J connectivity index is 1.83. The maximum absolute atomic E-state index is 13.0. The Bertz CT molecular complexity index is 966. The van der Waals surface area contributed by atoms with Crippen molar-refractivity contribution in [1.82, 2.24) is 10.5 Å². The second-order valence-electron chi connectivity index (χ2n) is 6.61. The van der Waals surface area contributed by atoms with Crippen LogP contribution in [0.3, 0.4) is 0 Å². The number of aromatic nitrogens is 1. The van der Waals surface area contributed by atoms with Gasteiger partial charge in [0.2, 0.25) is 0 Å². The minimum atomic E-state index is -0.240. The van der Waals surface area contributed by atoms with Crippen LogP contribution in [0, 0.1) is 6.92 Å². The molecule has 1 unspecified atom stereocenters. The first-order valence-corrected chi connectivity index (χ1v) is 9.77. The van der Waals surface area contributed by atoms with E-state index in [9.17, 15) is 4.79 Å². The number of benzene rings is 2. The summed E-state index contributed by atoms with van der Waals surface area (Å²) in [7, 11) is 0. The molecule has 0 aliphatic heterocycles. The number of hydrogen-bond donors (Lipinski definition) is 1. The average Bonchev–Trinajstić information content (AvgIpc) is 3.12. The van der Waals surface area contributed by atoms with Crippen LogP contribution >= 0.6 is 0 Å². The van der Waals surface area contributed by atoms with Gasteiger partial charge in [-0.2, -0.15) is 0 Å². The normalized spacial score (nSPS) is 11.7. The largest absolute Gasteiger partial charge is 0.490 e. The lowest BCUT2D eigenvalue weighted by Crippen LogP contribution is -2.27. The third-order valence-electron chi connectivity index (χ3n) is 4.54. The van der Waals surface area contributed by atoms with Crippen LogP contribution in [-0.2, 0) is 0 Å². The quantitative estimate of drug-likeness (QED) is 0.586. The number of hydrogen-bond acceptors (Lipinski definition) is 5. The Labute approximate surface area is 170 Å². The van der Waals surface area contributed by atoms with E-state index < -0.39 is 0 Å². The van der Waals surface area contributed by atoms with Crippen LogP contribution < -0.4 is 14.8 Å². The van der Waals surface area contributed by atoms with Crippen molar-refractivity contribution in [2.24, 2.45) is 0 Å². The monoisotopic (exact) mass is 394 g/mol. The van der Waals surface area contributed by atoms with Gasteiger partial charge >= 0.3 is 0 Å². The number of carbonyl (C=O) groups is 1. The van der Waals surface area contributed by atoms with Crippen molar-refractivity contribution in [2.45, 2.75) is 33.7 Å². The zero-order chi connectivity index (χ0) is 20.8. The summed E-state index contributed by atoms with van der Waals surface area (Å²) in [5.74, 6) is 1.59. The second kappa shape index (κ2) is 9.28. The molecule has 1 heterocycles. The fraction of sp³-hybridized carbons (Fsp3) is 0.304. The van der Waals surface area contributed by atoms with Crippen molar-refractivity contribution < 1.29 is 18.8 Å². The van der Waals surface area contributed by atoms with Crippen molar-refractivity contribution in [3.63, 3.8) is 0 Å². The van der Waals surface area contributed by atoms with E-state index in [-0.39, 0.29) is 11.9 Å². The van der Waals surface area contributed by atoms with Gasteiger partial charge in [-0.3, -0.25) is 4.79 Å². The van der Waals surface area contributed by atoms with Gasteiger partial charge in [0.05, 0.1) is 24.9 Å². The van der Waals surface area contributed by atoms with Crippen molar-refractivity contribution in [3.05, 3.63) is 65.4 Å². The zero-order valence-corrected chi connectivity index (χ0v) is 17.2. The van der Waals surface area contributed by atoms with E-state index in [1.54, 1.807) is 6.92 Å². The topological polar surface area (TPSA) is 73.6 Å². The highest BCUT2D eigenvalue weighted by Gasteiger charge is 2.23. The maximum Gasteiger partial charge on any atom is 0.257 e. The van der Waals surface area contributed by atoms with Gasteiger partial charge < -0.3 is 19.3 Å². The van der Waals surface area contributed by atoms with E-state index in [0.29, 0.717) is 41.7 Å². The summed E-state index contributed by atoms with van der Waals surface area (Å²) in [5, 5.41) is 7.03. The molecule has 0 fully saturated rings. The van der Waals surface area contributed by atoms with Gasteiger partial charge in [0.1, 0.15) is 5.56 Å². The molecule has 0 aliphatic rings. The predicted molar refractivity (Wildman–Crippen MR) is 111 cm³/mol. The Morgan fingerprint density at radius 1 is 1.07 bits per heavy atom. The first-order valence-electron chi connectivity index (χ1n) is 9.77. The fourth-order valence-electron chi connectivity index (χ4n) is 3.11. The van der Waals surface area contributed by atoms with Crippen LogP contribution in [0.1, 0.15) is 48.4 Å². The second-order valence-corrected chi connectivity index (χ2v) is 6.61. The molecule has 0 spiro atoms. The van der Waals surface area contributed by atoms with Gasteiger partial charge in [-0.05, 0) is 45.4 Å². The van der Waals surface area contributed by atoms with Crippen LogP contribution in [0.2, 0.25) is 0 Å². The molecule has 1 aromatic heterocycles. The van der Waals surface area contributed by atoms with Crippen LogP contribution in [0.5, 0.6) is 11.5 Å². The summed E-state index contributed by atoms with van der Waals surface area (Å²) in [6, 6.07) is 14.9. The third-order valence-corrected chi connectivity index (χ3v) is 4.54. The van der Waals surface area contributed by atoms with Crippen LogP contribution in [0.4, 0.5) is 0 Å². The number of aryl methyl sites for hydroxylation is 1. The van der Waals surface area contributed by atoms with E-state index >= 15 is 0 Å². The van der Waals surface area contributed by atoms with E-state index in [4.69, 9.17) is 14.0 Å². The minimum Gasteiger partial charge on any atom is -0.490 e. The highest BCUT2D eigenvalue weighted by Crippen LogP contribution is 2.31. The van der Waals surface area contributed by atoms with Gasteiger partial charge in [-0.1, -0.05) is 41.6 Å². The molecule has 3 rings (SSSR count). The number of carbonyl (C=O) groups excluding carboxylic acids is 1. The van der Waals surface area contributed by atoms with Gasteiger partial charge in [0.25, 0.3) is 5.91 Å². The lowest BCUT2D eigenvalue weighted by molar-refractivity contribution is 0.0939. The molecule has 6 nitrogen and oxygen atoms in total. The number of ether oxygens (including phenoxy) is 2. The molecule has 0 saturated heterocycles. The van der Waals surface area contributed by atoms with Gasteiger partial charge in [-0.15, -0.1) is 0 Å². The predicted octanol–water partition coefficient (Wildman–Crippen LogP) is 4.94. The fourth-order valence-corrected chi connectivity index (χ4v) is 3.11. The molecule has 3 aromatic rings. The lowest BCUT2D eigenvalue weighted by atomic mass is 10.0. The van der Waals surface area contributed by atoms with E-state index in [1.165, 1.54) is 0 Å². The molecular formula is C23H26N2O4. The summed E-state index contributed by atoms with van der Waals surface area (Å²) < 4.78 is 16.7. The smallest absolute Gasteiger partial charge is 0.257 e. The summed E-state index contributed by atoms with van der Waals surface area (Å²) in [5.41, 5.74) is 2.72. The highest BCUT2D eigenvalue weighted by molar-refractivity contribution is 6.00.